The van der Waals surface area contributed by atoms with Crippen LogP contribution < -0.4 is 14.4 Å². The third-order valence-corrected chi connectivity index (χ3v) is 5.56. The number of nitrogens with one attached hydrogen (secondary N) is 1. The summed E-state index contributed by atoms with van der Waals surface area (Å²) in [6.07, 6.45) is 3.52. The van der Waals surface area contributed by atoms with Gasteiger partial charge in [-0.05, 0) is 67.1 Å². The van der Waals surface area contributed by atoms with Crippen LogP contribution in [-0.2, 0) is 0 Å². The van der Waals surface area contributed by atoms with Gasteiger partial charge in [0, 0.05) is 29.2 Å². The van der Waals surface area contributed by atoms with Crippen LogP contribution >= 0.6 is 0 Å². The maximum atomic E-state index is 13.5. The monoisotopic (exact) mass is 426 g/mol. The van der Waals surface area contributed by atoms with Gasteiger partial charge in [-0.25, -0.2) is 0 Å². The Morgan fingerprint density at radius 3 is 2.44 bits per heavy atom. The van der Waals surface area contributed by atoms with Gasteiger partial charge in [0.1, 0.15) is 17.2 Å². The summed E-state index contributed by atoms with van der Waals surface area (Å²) in [5, 5.41) is 7.48. The van der Waals surface area contributed by atoms with E-state index in [4.69, 9.17) is 9.47 Å². The Kier molecular flexibility index (Phi) is 5.07. The topological polar surface area (TPSA) is 80.3 Å². The van der Waals surface area contributed by atoms with Gasteiger partial charge in [0.25, 0.3) is 5.91 Å². The van der Waals surface area contributed by atoms with E-state index in [1.54, 1.807) is 24.4 Å². The molecule has 1 aliphatic heterocycles. The molecule has 0 radical (unpaired) electrons. The van der Waals surface area contributed by atoms with Gasteiger partial charge in [0.2, 0.25) is 0 Å². The van der Waals surface area contributed by atoms with E-state index in [1.807, 2.05) is 67.6 Å². The second-order valence-electron chi connectivity index (χ2n) is 7.38. The SMILES string of the molecule is CCOc1ccc(N2C(=O)c3[nH]nc(-c4ccc(OC)cc4)c3[C@@H]2c2cccnc2)cc1. The molecule has 32 heavy (non-hydrogen) atoms. The van der Waals surface area contributed by atoms with Crippen LogP contribution in [0.4, 0.5) is 5.69 Å². The molecule has 7 heteroatoms. The van der Waals surface area contributed by atoms with E-state index < -0.39 is 0 Å². The second kappa shape index (κ2) is 8.19. The van der Waals surface area contributed by atoms with Gasteiger partial charge in [-0.15, -0.1) is 0 Å². The predicted molar refractivity (Wildman–Crippen MR) is 121 cm³/mol. The molecule has 0 fully saturated rings. The molecule has 1 atom stereocenters. The minimum atomic E-state index is -0.361. The van der Waals surface area contributed by atoms with Crippen LogP contribution in [-0.4, -0.2) is 34.8 Å². The highest BCUT2D eigenvalue weighted by Crippen LogP contribution is 2.45. The summed E-state index contributed by atoms with van der Waals surface area (Å²) in [7, 11) is 1.63. The largest absolute Gasteiger partial charge is 0.497 e. The molecule has 1 aliphatic rings. The first kappa shape index (κ1) is 19.8. The number of hydrogen-bond donors (Lipinski definition) is 1. The molecule has 0 unspecified atom stereocenters. The lowest BCUT2D eigenvalue weighted by Crippen LogP contribution is -2.29. The van der Waals surface area contributed by atoms with Crippen LogP contribution in [0.5, 0.6) is 11.5 Å². The highest BCUT2D eigenvalue weighted by molar-refractivity contribution is 6.11. The molecule has 0 aliphatic carbocycles. The number of pyridine rings is 1. The number of amides is 1. The summed E-state index contributed by atoms with van der Waals surface area (Å²) < 4.78 is 10.8. The summed E-state index contributed by atoms with van der Waals surface area (Å²) in [5.74, 6) is 1.39. The highest BCUT2D eigenvalue weighted by Gasteiger charge is 2.43. The number of nitrogens with zero attached hydrogens (tertiary/aromatic N) is 3. The zero-order valence-electron chi connectivity index (χ0n) is 17.8. The molecule has 0 spiro atoms. The maximum Gasteiger partial charge on any atom is 0.277 e. The van der Waals surface area contributed by atoms with Crippen molar-refractivity contribution < 1.29 is 14.3 Å². The molecule has 7 nitrogen and oxygen atoms in total. The van der Waals surface area contributed by atoms with E-state index in [0.717, 1.165) is 39.6 Å². The lowest BCUT2D eigenvalue weighted by atomic mass is 9.97. The fourth-order valence-electron chi connectivity index (χ4n) is 4.11. The van der Waals surface area contributed by atoms with Crippen molar-refractivity contribution in [1.82, 2.24) is 15.2 Å². The van der Waals surface area contributed by atoms with Gasteiger partial charge in [0.15, 0.2) is 0 Å². The van der Waals surface area contributed by atoms with Crippen molar-refractivity contribution in [2.24, 2.45) is 0 Å². The number of H-pyrrole nitrogens is 1. The first-order chi connectivity index (χ1) is 15.7. The van der Waals surface area contributed by atoms with Crippen molar-refractivity contribution in [3.8, 4) is 22.8 Å². The molecule has 4 aromatic rings. The molecule has 5 rings (SSSR count). The Hall–Kier alpha value is -4.13. The molecule has 0 saturated carbocycles. The van der Waals surface area contributed by atoms with Crippen molar-refractivity contribution in [1.29, 1.82) is 0 Å². The smallest absolute Gasteiger partial charge is 0.277 e. The quantitative estimate of drug-likeness (QED) is 0.486. The number of anilines is 1. The highest BCUT2D eigenvalue weighted by atomic mass is 16.5. The molecule has 0 bridgehead atoms. The van der Waals surface area contributed by atoms with Gasteiger partial charge >= 0.3 is 0 Å². The number of carbonyl (C=O) groups is 1. The summed E-state index contributed by atoms with van der Waals surface area (Å²) >= 11 is 0. The molecular formula is C25H22N4O3. The zero-order valence-corrected chi connectivity index (χ0v) is 17.8. The van der Waals surface area contributed by atoms with Gasteiger partial charge in [0.05, 0.1) is 25.5 Å². The summed E-state index contributed by atoms with van der Waals surface area (Å²) in [5.41, 5.74) is 4.64. The number of methoxy groups -OCH3 is 1. The van der Waals surface area contributed by atoms with E-state index in [9.17, 15) is 4.79 Å². The Morgan fingerprint density at radius 2 is 1.78 bits per heavy atom. The van der Waals surface area contributed by atoms with E-state index in [1.165, 1.54) is 0 Å². The minimum Gasteiger partial charge on any atom is -0.497 e. The molecule has 0 saturated heterocycles. The number of ether oxygens (including phenoxy) is 2. The summed E-state index contributed by atoms with van der Waals surface area (Å²) in [4.78, 5) is 19.6. The zero-order chi connectivity index (χ0) is 22.1. The lowest BCUT2D eigenvalue weighted by Gasteiger charge is -2.26. The van der Waals surface area contributed by atoms with Crippen LogP contribution in [0.25, 0.3) is 11.3 Å². The maximum absolute atomic E-state index is 13.5. The van der Waals surface area contributed by atoms with Gasteiger partial charge in [-0.1, -0.05) is 6.07 Å². The van der Waals surface area contributed by atoms with Crippen molar-refractivity contribution in [2.75, 3.05) is 18.6 Å². The first-order valence-corrected chi connectivity index (χ1v) is 10.4. The third-order valence-electron chi connectivity index (χ3n) is 5.56. The Bertz CT molecular complexity index is 1230. The minimum absolute atomic E-state index is 0.134. The second-order valence-corrected chi connectivity index (χ2v) is 7.38. The van der Waals surface area contributed by atoms with Crippen LogP contribution in [0.15, 0.2) is 73.1 Å². The van der Waals surface area contributed by atoms with E-state index in [2.05, 4.69) is 15.2 Å². The van der Waals surface area contributed by atoms with Crippen molar-refractivity contribution >= 4 is 11.6 Å². The molecular weight excluding hydrogens is 404 g/mol. The molecule has 1 N–H and O–H groups in total. The van der Waals surface area contributed by atoms with Gasteiger partial charge in [-0.3, -0.25) is 19.8 Å². The summed E-state index contributed by atoms with van der Waals surface area (Å²) in [6.45, 7) is 2.53. The Balaban J connectivity index is 1.63. The molecule has 1 amide bonds. The van der Waals surface area contributed by atoms with E-state index >= 15 is 0 Å². The average Bonchev–Trinajstić information content (AvgIpc) is 3.39. The number of aromatic amines is 1. The van der Waals surface area contributed by atoms with Gasteiger partial charge < -0.3 is 9.47 Å². The van der Waals surface area contributed by atoms with E-state index in [-0.39, 0.29) is 11.9 Å². The first-order valence-electron chi connectivity index (χ1n) is 10.4. The van der Waals surface area contributed by atoms with Crippen LogP contribution in [0.2, 0.25) is 0 Å². The Morgan fingerprint density at radius 1 is 1.03 bits per heavy atom. The van der Waals surface area contributed by atoms with Crippen molar-refractivity contribution in [2.45, 2.75) is 13.0 Å². The van der Waals surface area contributed by atoms with E-state index in [0.29, 0.717) is 12.3 Å². The normalized spacial score (nSPS) is 15.0. The molecule has 3 heterocycles. The summed E-state index contributed by atoms with van der Waals surface area (Å²) in [6, 6.07) is 18.7. The van der Waals surface area contributed by atoms with Crippen molar-refractivity contribution in [3.63, 3.8) is 0 Å². The van der Waals surface area contributed by atoms with Crippen LogP contribution in [0.1, 0.15) is 34.6 Å². The molecule has 2 aromatic heterocycles. The fraction of sp³-hybridized carbons (Fsp3) is 0.160. The fourth-order valence-corrected chi connectivity index (χ4v) is 4.11. The van der Waals surface area contributed by atoms with Gasteiger partial charge in [-0.2, -0.15) is 5.10 Å². The molecule has 2 aromatic carbocycles. The number of fused-ring (bicyclic) bond motifs is 1. The van der Waals surface area contributed by atoms with Crippen LogP contribution in [0, 0.1) is 0 Å². The third kappa shape index (κ3) is 3.28. The number of rotatable bonds is 6. The lowest BCUT2D eigenvalue weighted by molar-refractivity contribution is 0.0988. The van der Waals surface area contributed by atoms with Crippen LogP contribution in [0.3, 0.4) is 0 Å². The van der Waals surface area contributed by atoms with Crippen molar-refractivity contribution in [3.05, 3.63) is 89.9 Å². The Labute approximate surface area is 185 Å². The number of benzene rings is 2. The number of aromatic nitrogens is 3. The number of carbonyl (C=O) groups excluding carboxylic acids is 1. The average molecular weight is 426 g/mol. The molecule has 160 valence electrons. The number of hydrogen-bond acceptors (Lipinski definition) is 5. The standard InChI is InChI=1S/C25H22N4O3/c1-3-32-20-12-8-18(9-13-20)29-24(17-5-4-14-26-15-17)21-22(27-28-23(21)25(29)30)16-6-10-19(31-2)11-7-16/h4-15,24H,3H2,1-2H3,(H,27,28)/t24-/m0/s1. The predicted octanol–water partition coefficient (Wildman–Crippen LogP) is 4.63.